The molecule has 0 amide bonds. The Morgan fingerprint density at radius 3 is 1.37 bits per heavy atom. The standard InChI is InChI=1S/C55H91NO7/c1-6-8-10-12-14-16-18-20-22-24-25-26-27-28-30-31-33-35-37-39-41-43-45-53(57)62-50-51(49-61-48-47-52(55(59)60)56(3,4)5)63-54(58)46-44-42-40-38-36-34-32-29-23-21-19-17-15-13-11-9-7-2/h8,10,14,16,20-23,25-26,28,30,32,34,38,40,51-52H,6-7,9,11-13,15,17-19,24,27,29,31,33,35-37,39,41-50H2,1-5H3/p+1/b10-8+,16-14+,22-20+,23-21+,26-25+,30-28+,34-32+,40-38+. The van der Waals surface area contributed by atoms with Crippen molar-refractivity contribution in [3.8, 4) is 0 Å². The van der Waals surface area contributed by atoms with E-state index in [-0.39, 0.29) is 42.7 Å². The zero-order valence-electron chi connectivity index (χ0n) is 40.7. The van der Waals surface area contributed by atoms with Crippen molar-refractivity contribution in [3.63, 3.8) is 0 Å². The maximum absolute atomic E-state index is 12.7. The van der Waals surface area contributed by atoms with Crippen molar-refractivity contribution in [1.82, 2.24) is 0 Å². The molecule has 8 nitrogen and oxygen atoms in total. The molecule has 0 saturated carbocycles. The molecule has 0 radical (unpaired) electrons. The Morgan fingerprint density at radius 1 is 0.492 bits per heavy atom. The van der Waals surface area contributed by atoms with Gasteiger partial charge in [0, 0.05) is 19.3 Å². The van der Waals surface area contributed by atoms with Crippen LogP contribution in [0.3, 0.4) is 0 Å². The van der Waals surface area contributed by atoms with E-state index in [2.05, 4.69) is 111 Å². The molecule has 2 unspecified atom stereocenters. The Hall–Kier alpha value is -3.75. The fraction of sp³-hybridized carbons (Fsp3) is 0.655. The van der Waals surface area contributed by atoms with Gasteiger partial charge >= 0.3 is 17.9 Å². The van der Waals surface area contributed by atoms with Crippen LogP contribution in [0.15, 0.2) is 97.2 Å². The molecule has 0 heterocycles. The number of carboxylic acid groups (broad SMARTS) is 1. The van der Waals surface area contributed by atoms with Crippen LogP contribution in [0.5, 0.6) is 0 Å². The van der Waals surface area contributed by atoms with E-state index >= 15 is 0 Å². The molecule has 8 heteroatoms. The van der Waals surface area contributed by atoms with Crippen LogP contribution in [0, 0.1) is 0 Å². The zero-order chi connectivity index (χ0) is 46.3. The molecule has 0 bridgehead atoms. The van der Waals surface area contributed by atoms with E-state index < -0.39 is 18.1 Å². The van der Waals surface area contributed by atoms with Crippen molar-refractivity contribution in [1.29, 1.82) is 0 Å². The summed E-state index contributed by atoms with van der Waals surface area (Å²) in [7, 11) is 5.50. The molecule has 63 heavy (non-hydrogen) atoms. The smallest absolute Gasteiger partial charge is 0.362 e. The number of hydrogen-bond acceptors (Lipinski definition) is 6. The van der Waals surface area contributed by atoms with Gasteiger partial charge in [0.05, 0.1) is 34.4 Å². The summed E-state index contributed by atoms with van der Waals surface area (Å²) in [6.45, 7) is 4.54. The summed E-state index contributed by atoms with van der Waals surface area (Å²) < 4.78 is 17.3. The molecule has 0 aromatic carbocycles. The number of unbranched alkanes of at least 4 members (excludes halogenated alkanes) is 13. The van der Waals surface area contributed by atoms with E-state index in [1.54, 1.807) is 0 Å². The number of carbonyl (C=O) groups excluding carboxylic acids is 2. The molecule has 0 spiro atoms. The molecular formula is C55H92NO7+. The number of esters is 2. The number of aliphatic carboxylic acids is 1. The molecule has 0 saturated heterocycles. The van der Waals surface area contributed by atoms with E-state index in [9.17, 15) is 19.5 Å². The number of ether oxygens (including phenoxy) is 3. The van der Waals surface area contributed by atoms with Crippen molar-refractivity contribution >= 4 is 17.9 Å². The van der Waals surface area contributed by atoms with Gasteiger partial charge in [-0.3, -0.25) is 9.59 Å². The van der Waals surface area contributed by atoms with Crippen LogP contribution in [0.1, 0.15) is 181 Å². The summed E-state index contributed by atoms with van der Waals surface area (Å²) in [5, 5.41) is 9.64. The quantitative estimate of drug-likeness (QED) is 0.0282. The second-order valence-electron chi connectivity index (χ2n) is 17.3. The summed E-state index contributed by atoms with van der Waals surface area (Å²) in [5.74, 6) is -1.56. The molecule has 0 aliphatic heterocycles. The third kappa shape index (κ3) is 43.3. The van der Waals surface area contributed by atoms with E-state index in [1.807, 2.05) is 21.1 Å². The SMILES string of the molecule is CC/C=C/C/C=C/C/C=C/C/C=C/C/C=C/CCCCCCCCC(=O)OCC(COCCC(C(=O)O)[N+](C)(C)C)OC(=O)CCC/C=C/C/C=C/C/C=C/CCCCCCCC. The third-order valence-corrected chi connectivity index (χ3v) is 10.5. The molecule has 0 aromatic rings. The minimum absolute atomic E-state index is 0.0304. The van der Waals surface area contributed by atoms with Crippen molar-refractivity contribution in [2.45, 2.75) is 193 Å². The number of allylic oxidation sites excluding steroid dienone is 16. The minimum Gasteiger partial charge on any atom is -0.477 e. The van der Waals surface area contributed by atoms with Crippen LogP contribution in [0.4, 0.5) is 0 Å². The fourth-order valence-corrected chi connectivity index (χ4v) is 6.66. The average Bonchev–Trinajstić information content (AvgIpc) is 3.24. The molecule has 0 rings (SSSR count). The van der Waals surface area contributed by atoms with Gasteiger partial charge in [0.15, 0.2) is 12.1 Å². The van der Waals surface area contributed by atoms with Crippen molar-refractivity contribution in [2.24, 2.45) is 0 Å². The van der Waals surface area contributed by atoms with E-state index in [4.69, 9.17) is 14.2 Å². The van der Waals surface area contributed by atoms with Gasteiger partial charge in [0.25, 0.3) is 0 Å². The lowest BCUT2D eigenvalue weighted by atomic mass is 10.1. The highest BCUT2D eigenvalue weighted by Gasteiger charge is 2.31. The summed E-state index contributed by atoms with van der Waals surface area (Å²) in [5.41, 5.74) is 0. The first-order valence-corrected chi connectivity index (χ1v) is 24.8. The Bertz CT molecular complexity index is 1350. The first kappa shape index (κ1) is 59.2. The molecule has 1 N–H and O–H groups in total. The van der Waals surface area contributed by atoms with Gasteiger partial charge in [-0.1, -0.05) is 169 Å². The van der Waals surface area contributed by atoms with Gasteiger partial charge in [0.2, 0.25) is 0 Å². The molecule has 358 valence electrons. The van der Waals surface area contributed by atoms with Gasteiger partial charge in [-0.2, -0.15) is 0 Å². The predicted octanol–water partition coefficient (Wildman–Crippen LogP) is 14.2. The summed E-state index contributed by atoms with van der Waals surface area (Å²) in [4.78, 5) is 37.1. The molecule has 0 aliphatic rings. The molecule has 0 aliphatic carbocycles. The fourth-order valence-electron chi connectivity index (χ4n) is 6.66. The predicted molar refractivity (Wildman–Crippen MR) is 266 cm³/mol. The third-order valence-electron chi connectivity index (χ3n) is 10.5. The van der Waals surface area contributed by atoms with Crippen molar-refractivity contribution in [3.05, 3.63) is 97.2 Å². The van der Waals surface area contributed by atoms with Crippen molar-refractivity contribution in [2.75, 3.05) is 41.0 Å². The van der Waals surface area contributed by atoms with Crippen molar-refractivity contribution < 1.29 is 38.2 Å². The molecule has 0 fully saturated rings. The Morgan fingerprint density at radius 2 is 0.905 bits per heavy atom. The maximum Gasteiger partial charge on any atom is 0.362 e. The normalized spacial score (nSPS) is 13.7. The van der Waals surface area contributed by atoms with Gasteiger partial charge in [-0.05, 0) is 89.9 Å². The lowest BCUT2D eigenvalue weighted by Crippen LogP contribution is -2.50. The van der Waals surface area contributed by atoms with Crippen LogP contribution in [0.25, 0.3) is 0 Å². The topological polar surface area (TPSA) is 99.1 Å². The number of likely N-dealkylation sites (N-methyl/N-ethyl adjacent to an activating group) is 1. The lowest BCUT2D eigenvalue weighted by molar-refractivity contribution is -0.887. The van der Waals surface area contributed by atoms with E-state index in [0.29, 0.717) is 19.3 Å². The largest absolute Gasteiger partial charge is 0.477 e. The second-order valence-corrected chi connectivity index (χ2v) is 17.3. The van der Waals surface area contributed by atoms with Crippen LogP contribution in [0.2, 0.25) is 0 Å². The number of carboxylic acids is 1. The van der Waals surface area contributed by atoms with Gasteiger partial charge in [0.1, 0.15) is 6.61 Å². The Labute approximate surface area is 386 Å². The van der Waals surface area contributed by atoms with E-state index in [0.717, 1.165) is 83.5 Å². The number of carbonyl (C=O) groups is 3. The molecule has 0 aromatic heterocycles. The lowest BCUT2D eigenvalue weighted by Gasteiger charge is -2.31. The van der Waals surface area contributed by atoms with Gasteiger partial charge in [-0.15, -0.1) is 0 Å². The van der Waals surface area contributed by atoms with Gasteiger partial charge < -0.3 is 23.8 Å². The number of rotatable bonds is 43. The van der Waals surface area contributed by atoms with Crippen LogP contribution in [-0.2, 0) is 28.6 Å². The highest BCUT2D eigenvalue weighted by Crippen LogP contribution is 2.13. The Kier molecular flexibility index (Phi) is 42.2. The molecule has 2 atom stereocenters. The van der Waals surface area contributed by atoms with Crippen LogP contribution in [-0.4, -0.2) is 80.6 Å². The molecular weight excluding hydrogens is 787 g/mol. The highest BCUT2D eigenvalue weighted by molar-refractivity contribution is 5.72. The van der Waals surface area contributed by atoms with E-state index in [1.165, 1.54) is 57.8 Å². The number of nitrogens with zero attached hydrogens (tertiary/aromatic N) is 1. The average molecular weight is 879 g/mol. The monoisotopic (exact) mass is 879 g/mol. The number of quaternary nitrogens is 1. The summed E-state index contributed by atoms with van der Waals surface area (Å²) >= 11 is 0. The zero-order valence-corrected chi connectivity index (χ0v) is 40.7. The highest BCUT2D eigenvalue weighted by atomic mass is 16.6. The number of hydrogen-bond donors (Lipinski definition) is 1. The second kappa shape index (κ2) is 44.8. The van der Waals surface area contributed by atoms with Gasteiger partial charge in [-0.25, -0.2) is 4.79 Å². The summed E-state index contributed by atoms with van der Waals surface area (Å²) in [6, 6.07) is -0.632. The first-order chi connectivity index (χ1) is 30.6. The Balaban J connectivity index is 4.39. The first-order valence-electron chi connectivity index (χ1n) is 24.8. The van der Waals surface area contributed by atoms with Crippen LogP contribution < -0.4 is 0 Å². The van der Waals surface area contributed by atoms with Crippen LogP contribution >= 0.6 is 0 Å². The minimum atomic E-state index is -0.888. The summed E-state index contributed by atoms with van der Waals surface area (Å²) in [6.07, 6.45) is 60.3. The maximum atomic E-state index is 12.7.